The summed E-state index contributed by atoms with van der Waals surface area (Å²) in [6.45, 7) is 0.977. The molecule has 0 saturated heterocycles. The molecule has 3 aromatic rings. The zero-order valence-corrected chi connectivity index (χ0v) is 13.7. The second-order valence-electron chi connectivity index (χ2n) is 4.70. The van der Waals surface area contributed by atoms with E-state index in [0.717, 1.165) is 29.8 Å². The molecule has 0 saturated carbocycles. The first-order chi connectivity index (χ1) is 9.79. The van der Waals surface area contributed by atoms with Crippen LogP contribution in [-0.2, 0) is 11.8 Å². The van der Waals surface area contributed by atoms with Gasteiger partial charge in [-0.25, -0.2) is 4.98 Å². The van der Waals surface area contributed by atoms with E-state index >= 15 is 0 Å². The Morgan fingerprint density at radius 3 is 2.95 bits per heavy atom. The normalized spacial score (nSPS) is 11.1. The maximum Gasteiger partial charge on any atom is 0.151 e. The maximum absolute atomic E-state index is 4.75. The Morgan fingerprint density at radius 2 is 2.20 bits per heavy atom. The van der Waals surface area contributed by atoms with E-state index in [9.17, 15) is 0 Å². The molecule has 5 heteroatoms. The molecule has 20 heavy (non-hydrogen) atoms. The predicted molar refractivity (Wildman–Crippen MR) is 89.1 cm³/mol. The molecule has 0 bridgehead atoms. The first kappa shape index (κ1) is 13.6. The van der Waals surface area contributed by atoms with Crippen LogP contribution in [-0.4, -0.2) is 23.0 Å². The Morgan fingerprint density at radius 1 is 1.30 bits per heavy atom. The molecular weight excluding hydrogens is 334 g/mol. The molecule has 0 atom stereocenters. The van der Waals surface area contributed by atoms with Crippen molar-refractivity contribution in [2.24, 2.45) is 0 Å². The first-order valence-corrected chi connectivity index (χ1v) is 8.55. The lowest BCUT2D eigenvalue weighted by Gasteiger charge is -2.17. The van der Waals surface area contributed by atoms with Gasteiger partial charge in [0.25, 0.3) is 0 Å². The van der Waals surface area contributed by atoms with Gasteiger partial charge in [-0.2, -0.15) is 0 Å². The molecule has 0 fully saturated rings. The van der Waals surface area contributed by atoms with Gasteiger partial charge in [0.15, 0.2) is 5.82 Å². The van der Waals surface area contributed by atoms with Crippen molar-refractivity contribution in [3.8, 4) is 0 Å². The number of fused-ring (bicyclic) bond motifs is 1. The zero-order chi connectivity index (χ0) is 13.9. The van der Waals surface area contributed by atoms with E-state index in [0.29, 0.717) is 0 Å². The number of imidazole rings is 1. The van der Waals surface area contributed by atoms with Gasteiger partial charge in [-0.1, -0.05) is 28.1 Å². The molecule has 0 aliphatic rings. The maximum atomic E-state index is 4.75. The number of rotatable bonds is 5. The van der Waals surface area contributed by atoms with Crippen molar-refractivity contribution in [3.63, 3.8) is 0 Å². The van der Waals surface area contributed by atoms with E-state index in [1.807, 2.05) is 29.5 Å². The average Bonchev–Trinajstić information content (AvgIpc) is 3.11. The molecule has 0 amide bonds. The average molecular weight is 350 g/mol. The van der Waals surface area contributed by atoms with Gasteiger partial charge in [0.2, 0.25) is 0 Å². The molecule has 0 radical (unpaired) electrons. The third-order valence-corrected chi connectivity index (χ3v) is 4.84. The molecule has 3 heterocycles. The third kappa shape index (κ3) is 2.60. The predicted octanol–water partition coefficient (Wildman–Crippen LogP) is 3.97. The first-order valence-electron chi connectivity index (χ1n) is 6.55. The smallest absolute Gasteiger partial charge is 0.151 e. The fraction of sp³-hybridized carbons (Fsp3) is 0.267. The van der Waals surface area contributed by atoms with E-state index in [2.05, 4.69) is 56.0 Å². The van der Waals surface area contributed by atoms with Crippen LogP contribution in [0.15, 0.2) is 41.9 Å². The van der Waals surface area contributed by atoms with Crippen LogP contribution in [0.25, 0.3) is 5.65 Å². The number of aromatic nitrogens is 2. The summed E-state index contributed by atoms with van der Waals surface area (Å²) in [6.07, 6.45) is 3.12. The molecule has 3 nitrogen and oxygen atoms in total. The van der Waals surface area contributed by atoms with Gasteiger partial charge in [0.1, 0.15) is 5.65 Å². The lowest BCUT2D eigenvalue weighted by Crippen LogP contribution is -2.21. The Labute approximate surface area is 131 Å². The van der Waals surface area contributed by atoms with Crippen LogP contribution in [0.3, 0.4) is 0 Å². The van der Waals surface area contributed by atoms with E-state index in [1.165, 1.54) is 10.6 Å². The van der Waals surface area contributed by atoms with Crippen molar-refractivity contribution >= 4 is 38.7 Å². The van der Waals surface area contributed by atoms with Crippen LogP contribution in [0.2, 0.25) is 0 Å². The lowest BCUT2D eigenvalue weighted by atomic mass is 10.3. The van der Waals surface area contributed by atoms with Crippen molar-refractivity contribution in [1.29, 1.82) is 0 Å². The van der Waals surface area contributed by atoms with Crippen LogP contribution in [0.5, 0.6) is 0 Å². The van der Waals surface area contributed by atoms with Crippen molar-refractivity contribution < 1.29 is 0 Å². The number of hydrogen-bond donors (Lipinski definition) is 0. The van der Waals surface area contributed by atoms with Gasteiger partial charge < -0.3 is 9.30 Å². The Hall–Kier alpha value is -1.33. The summed E-state index contributed by atoms with van der Waals surface area (Å²) in [5.41, 5.74) is 2.20. The number of nitrogens with zero attached hydrogens (tertiary/aromatic N) is 3. The highest BCUT2D eigenvalue weighted by atomic mass is 79.9. The third-order valence-electron chi connectivity index (χ3n) is 3.37. The fourth-order valence-electron chi connectivity index (χ4n) is 2.30. The van der Waals surface area contributed by atoms with Crippen molar-refractivity contribution in [3.05, 3.63) is 52.5 Å². The van der Waals surface area contributed by atoms with Gasteiger partial charge in [0.05, 0.1) is 5.69 Å². The monoisotopic (exact) mass is 349 g/mol. The second-order valence-corrected chi connectivity index (χ2v) is 6.29. The lowest BCUT2D eigenvalue weighted by molar-refractivity contribution is 0.867. The number of alkyl halides is 1. The second kappa shape index (κ2) is 5.97. The largest absolute Gasteiger partial charge is 0.358 e. The molecule has 0 spiro atoms. The quantitative estimate of drug-likeness (QED) is 0.649. The van der Waals surface area contributed by atoms with E-state index in [1.54, 1.807) is 0 Å². The topological polar surface area (TPSA) is 20.5 Å². The van der Waals surface area contributed by atoms with Gasteiger partial charge in [-0.3, -0.25) is 0 Å². The zero-order valence-electron chi connectivity index (χ0n) is 11.3. The standard InChI is InChI=1S/C15H16BrN3S/c1-18(9-7-12-5-4-10-20-12)15-13(11-16)19-8-3-2-6-14(19)17-15/h2-6,8,10H,7,9,11H2,1H3. The van der Waals surface area contributed by atoms with E-state index in [-0.39, 0.29) is 0 Å². The number of hydrogen-bond acceptors (Lipinski definition) is 3. The Kier molecular flexibility index (Phi) is 4.08. The highest BCUT2D eigenvalue weighted by Gasteiger charge is 2.14. The number of halogens is 1. The van der Waals surface area contributed by atoms with Crippen molar-refractivity contribution in [2.45, 2.75) is 11.8 Å². The van der Waals surface area contributed by atoms with Gasteiger partial charge >= 0.3 is 0 Å². The molecule has 3 aromatic heterocycles. The van der Waals surface area contributed by atoms with Crippen LogP contribution in [0, 0.1) is 0 Å². The van der Waals surface area contributed by atoms with Gasteiger partial charge in [0, 0.05) is 30.0 Å². The van der Waals surface area contributed by atoms with Crippen molar-refractivity contribution in [2.75, 3.05) is 18.5 Å². The summed E-state index contributed by atoms with van der Waals surface area (Å²) in [5, 5.41) is 2.93. The minimum atomic E-state index is 0.802. The molecule has 0 aliphatic heterocycles. The number of likely N-dealkylation sites (N-methyl/N-ethyl adjacent to an activating group) is 1. The Bertz CT molecular complexity index is 690. The van der Waals surface area contributed by atoms with Crippen LogP contribution < -0.4 is 4.90 Å². The summed E-state index contributed by atoms with van der Waals surface area (Å²) in [7, 11) is 2.11. The molecule has 3 rings (SSSR count). The summed E-state index contributed by atoms with van der Waals surface area (Å²) in [6, 6.07) is 10.4. The van der Waals surface area contributed by atoms with E-state index in [4.69, 9.17) is 4.98 Å². The van der Waals surface area contributed by atoms with Crippen LogP contribution in [0.4, 0.5) is 5.82 Å². The molecule has 104 valence electrons. The number of anilines is 1. The van der Waals surface area contributed by atoms with E-state index < -0.39 is 0 Å². The SMILES string of the molecule is CN(CCc1cccs1)c1nc2ccccn2c1CBr. The molecule has 0 unspecified atom stereocenters. The van der Waals surface area contributed by atoms with Crippen LogP contribution in [0.1, 0.15) is 10.6 Å². The fourth-order valence-corrected chi connectivity index (χ4v) is 3.52. The number of pyridine rings is 1. The molecular formula is C15H16BrN3S. The van der Waals surface area contributed by atoms with Gasteiger partial charge in [-0.15, -0.1) is 11.3 Å². The van der Waals surface area contributed by atoms with Crippen LogP contribution >= 0.6 is 27.3 Å². The molecule has 0 aromatic carbocycles. The summed E-state index contributed by atoms with van der Waals surface area (Å²) in [5.74, 6) is 1.06. The minimum absolute atomic E-state index is 0.802. The molecule has 0 N–H and O–H groups in total. The highest BCUT2D eigenvalue weighted by Crippen LogP contribution is 2.23. The van der Waals surface area contributed by atoms with Gasteiger partial charge in [-0.05, 0) is 30.0 Å². The highest BCUT2D eigenvalue weighted by molar-refractivity contribution is 9.08. The summed E-state index contributed by atoms with van der Waals surface area (Å²) < 4.78 is 2.14. The summed E-state index contributed by atoms with van der Waals surface area (Å²) >= 11 is 5.39. The Balaban J connectivity index is 1.85. The van der Waals surface area contributed by atoms with Crippen molar-refractivity contribution in [1.82, 2.24) is 9.38 Å². The minimum Gasteiger partial charge on any atom is -0.358 e. The summed E-state index contributed by atoms with van der Waals surface area (Å²) in [4.78, 5) is 8.40. The molecule has 0 aliphatic carbocycles. The number of thiophene rings is 1.